The van der Waals surface area contributed by atoms with Crippen LogP contribution in [0, 0.1) is 0 Å². The summed E-state index contributed by atoms with van der Waals surface area (Å²) in [6.07, 6.45) is 1.68. The Kier molecular flexibility index (Phi) is 2.21. The number of nitrogens with one attached hydrogen (secondary N) is 1. The van der Waals surface area contributed by atoms with Crippen LogP contribution in [0.25, 0.3) is 0 Å². The Bertz CT molecular complexity index is 380. The molecule has 0 aliphatic rings. The summed E-state index contributed by atoms with van der Waals surface area (Å²) in [6, 6.07) is 3.48. The van der Waals surface area contributed by atoms with Crippen molar-refractivity contribution in [3.05, 3.63) is 18.3 Å². The molecular weight excluding hydrogens is 231 g/mol. The van der Waals surface area contributed by atoms with Gasteiger partial charge in [0.05, 0.1) is 0 Å². The molecule has 0 unspecified atom stereocenters. The van der Waals surface area contributed by atoms with E-state index < -0.39 is 13.9 Å². The van der Waals surface area contributed by atoms with Crippen LogP contribution < -0.4 is 4.29 Å². The summed E-state index contributed by atoms with van der Waals surface area (Å²) >= 11 is -3.01. The van der Waals surface area contributed by atoms with Gasteiger partial charge in [0.1, 0.15) is 0 Å². The van der Waals surface area contributed by atoms with E-state index in [9.17, 15) is 9.59 Å². The van der Waals surface area contributed by atoms with Gasteiger partial charge in [-0.15, -0.1) is 0 Å². The molecule has 0 fully saturated rings. The molecule has 0 saturated carbocycles. The molecule has 0 aliphatic heterocycles. The molecule has 0 amide bonds. The molecule has 0 spiro atoms. The van der Waals surface area contributed by atoms with Crippen molar-refractivity contribution in [2.24, 2.45) is 0 Å². The van der Waals surface area contributed by atoms with Gasteiger partial charge >= 0.3 is 65.5 Å². The Labute approximate surface area is 65.9 Å². The fourth-order valence-electron chi connectivity index (χ4n) is 0.616. The van der Waals surface area contributed by atoms with Crippen LogP contribution in [0.5, 0.6) is 0 Å². The number of hydrogen-bond acceptors (Lipinski definition) is 2. The quantitative estimate of drug-likeness (QED) is 0.699. The molecule has 1 heterocycles. The summed E-state index contributed by atoms with van der Waals surface area (Å²) in [7, 11) is 0. The molecule has 0 aliphatic carbocycles. The molecule has 1 aromatic heterocycles. The zero-order chi connectivity index (χ0) is 8.32. The molecule has 0 bridgehead atoms. The third kappa shape index (κ3) is 1.39. The van der Waals surface area contributed by atoms with Crippen LogP contribution in [0.2, 0.25) is 5.52 Å². The van der Waals surface area contributed by atoms with Crippen LogP contribution >= 0.6 is 0 Å². The Morgan fingerprint density at radius 3 is 2.45 bits per heavy atom. The van der Waals surface area contributed by atoms with Crippen LogP contribution in [0.1, 0.15) is 0 Å². The van der Waals surface area contributed by atoms with Crippen LogP contribution in [0.4, 0.5) is 0 Å². The third-order valence-electron chi connectivity index (χ3n) is 1.22. The predicted octanol–water partition coefficient (Wildman–Crippen LogP) is -0.0236. The van der Waals surface area contributed by atoms with Gasteiger partial charge in [0.15, 0.2) is 0 Å². The molecule has 0 radical (unpaired) electrons. The number of aromatic amines is 1. The Morgan fingerprint density at radius 2 is 2.09 bits per heavy atom. The molecule has 3 nitrogen and oxygen atoms in total. The Morgan fingerprint density at radius 1 is 1.45 bits per heavy atom. The number of carbonyl (C=O) groups excluding carboxylic acids is 2. The second kappa shape index (κ2) is 2.98. The fraction of sp³-hybridized carbons (Fsp3) is 0.143. The zero-order valence-corrected chi connectivity index (χ0v) is 7.64. The first kappa shape index (κ1) is 8.16. The second-order valence-electron chi connectivity index (χ2n) is 1.94. The fourth-order valence-corrected chi connectivity index (χ4v) is 2.46. The van der Waals surface area contributed by atoms with E-state index in [2.05, 4.69) is 4.98 Å². The van der Waals surface area contributed by atoms with Gasteiger partial charge in [-0.25, -0.2) is 0 Å². The van der Waals surface area contributed by atoms with Crippen LogP contribution in [0.3, 0.4) is 0 Å². The molecule has 1 aromatic rings. The predicted molar refractivity (Wildman–Crippen MR) is 37.7 cm³/mol. The molecule has 0 saturated heterocycles. The Hall–Kier alpha value is -0.937. The maximum atomic E-state index is 10.4. The maximum absolute atomic E-state index is 10.4. The van der Waals surface area contributed by atoms with Crippen molar-refractivity contribution in [3.8, 4) is 0 Å². The topological polar surface area (TPSA) is 49.9 Å². The van der Waals surface area contributed by atoms with Gasteiger partial charge in [0.25, 0.3) is 0 Å². The molecule has 11 heavy (non-hydrogen) atoms. The summed E-state index contributed by atoms with van der Waals surface area (Å²) in [6.45, 7) is 0. The van der Waals surface area contributed by atoms with Crippen LogP contribution in [0.15, 0.2) is 18.3 Å². The number of aromatic nitrogens is 1. The van der Waals surface area contributed by atoms with Crippen molar-refractivity contribution in [2.75, 3.05) is 0 Å². The van der Waals surface area contributed by atoms with Crippen molar-refractivity contribution >= 4 is 13.2 Å². The summed E-state index contributed by atoms with van der Waals surface area (Å²) in [5.74, 6) is 0. The first-order chi connectivity index (χ1) is 5.23. The minimum absolute atomic E-state index is 0.686. The molecule has 0 atom stereocenters. The van der Waals surface area contributed by atoms with E-state index >= 15 is 0 Å². The molecule has 1 rings (SSSR count). The van der Waals surface area contributed by atoms with Gasteiger partial charge in [-0.2, -0.15) is 0 Å². The zero-order valence-electron chi connectivity index (χ0n) is 5.90. The second-order valence-corrected chi connectivity index (χ2v) is 7.50. The van der Waals surface area contributed by atoms with Gasteiger partial charge in [-0.05, 0) is 0 Å². The van der Waals surface area contributed by atoms with Crippen LogP contribution in [-0.2, 0) is 23.5 Å². The third-order valence-corrected chi connectivity index (χ3v) is 5.05. The van der Waals surface area contributed by atoms with E-state index in [0.717, 1.165) is 0 Å². The molecule has 4 heteroatoms. The van der Waals surface area contributed by atoms with Crippen molar-refractivity contribution in [3.63, 3.8) is 0 Å². The van der Waals surface area contributed by atoms with Gasteiger partial charge in [-0.3, -0.25) is 0 Å². The van der Waals surface area contributed by atoms with Gasteiger partial charge in [0.2, 0.25) is 0 Å². The van der Waals surface area contributed by atoms with Crippen LogP contribution in [-0.4, -0.2) is 13.9 Å². The van der Waals surface area contributed by atoms with Crippen molar-refractivity contribution < 1.29 is 23.5 Å². The van der Waals surface area contributed by atoms with E-state index in [1.165, 1.54) is 0 Å². The average molecular weight is 238 g/mol. The van der Waals surface area contributed by atoms with E-state index in [0.29, 0.717) is 4.29 Å². The number of rotatable bonds is 1. The first-order valence-corrected chi connectivity index (χ1v) is 7.13. The molecule has 1 N–H and O–H groups in total. The van der Waals surface area contributed by atoms with Gasteiger partial charge in [0, 0.05) is 0 Å². The minimum atomic E-state index is -3.01. The average Bonchev–Trinajstić information content (AvgIpc) is 2.55. The SMILES string of the molecule is [CH3][Ru](=[C]=O)(=[C]=O)[c]1ccc[nH]1. The monoisotopic (exact) mass is 239 g/mol. The molecular formula is C7H7NO2Ru. The van der Waals surface area contributed by atoms with Crippen molar-refractivity contribution in [2.45, 2.75) is 5.52 Å². The van der Waals surface area contributed by atoms with Gasteiger partial charge in [-0.1, -0.05) is 0 Å². The van der Waals surface area contributed by atoms with E-state index in [4.69, 9.17) is 0 Å². The standard InChI is InChI=1S/C4H4N.2CO.CH3.Ru/c1-2-4-5-3-1;2*1-2;;/h1-3,5H;;;1H3;. The van der Waals surface area contributed by atoms with Crippen molar-refractivity contribution in [1.29, 1.82) is 0 Å². The van der Waals surface area contributed by atoms with E-state index in [1.54, 1.807) is 32.8 Å². The normalized spacial score (nSPS) is 11.7. The summed E-state index contributed by atoms with van der Waals surface area (Å²) in [4.78, 5) is 23.7. The number of hydrogen-bond donors (Lipinski definition) is 1. The molecule has 0 aromatic carbocycles. The number of H-pyrrole nitrogens is 1. The first-order valence-electron chi connectivity index (χ1n) is 2.79. The summed E-state index contributed by atoms with van der Waals surface area (Å²) in [5.41, 5.74) is 1.63. The molecule has 60 valence electrons. The summed E-state index contributed by atoms with van der Waals surface area (Å²) < 4.78 is 4.28. The van der Waals surface area contributed by atoms with E-state index in [1.807, 2.05) is 0 Å². The van der Waals surface area contributed by atoms with Crippen molar-refractivity contribution in [1.82, 2.24) is 4.98 Å². The van der Waals surface area contributed by atoms with E-state index in [-0.39, 0.29) is 0 Å². The summed E-state index contributed by atoms with van der Waals surface area (Å²) in [5, 5.41) is 0. The van der Waals surface area contributed by atoms with Gasteiger partial charge < -0.3 is 0 Å². The Balaban J connectivity index is 3.57.